The fraction of sp³-hybridized carbons (Fsp3) is 0.308. The maximum absolute atomic E-state index is 12.8. The van der Waals surface area contributed by atoms with Crippen molar-refractivity contribution in [2.45, 2.75) is 26.2 Å². The van der Waals surface area contributed by atoms with Crippen molar-refractivity contribution in [3.05, 3.63) is 41.8 Å². The van der Waals surface area contributed by atoms with E-state index in [1.54, 1.807) is 23.0 Å². The van der Waals surface area contributed by atoms with E-state index in [0.29, 0.717) is 5.82 Å². The van der Waals surface area contributed by atoms with Gasteiger partial charge in [0.05, 0.1) is 11.9 Å². The molecule has 0 spiro atoms. The zero-order valence-electron chi connectivity index (χ0n) is 9.86. The lowest BCUT2D eigenvalue weighted by Gasteiger charge is -2.04. The SMILES string of the molecule is CCCCc1cnn(-c2ccc(F)cc2)c1N. The summed E-state index contributed by atoms with van der Waals surface area (Å²) in [6, 6.07) is 6.15. The zero-order chi connectivity index (χ0) is 12.3. The summed E-state index contributed by atoms with van der Waals surface area (Å²) in [6.45, 7) is 2.14. The molecule has 0 unspecified atom stereocenters. The number of nitrogens with zero attached hydrogens (tertiary/aromatic N) is 2. The number of aromatic nitrogens is 2. The lowest BCUT2D eigenvalue weighted by atomic mass is 10.1. The number of hydrogen-bond donors (Lipinski definition) is 1. The van der Waals surface area contributed by atoms with Crippen molar-refractivity contribution in [2.75, 3.05) is 5.73 Å². The van der Waals surface area contributed by atoms with Gasteiger partial charge < -0.3 is 5.73 Å². The second-order valence-corrected chi connectivity index (χ2v) is 4.05. The van der Waals surface area contributed by atoms with Crippen LogP contribution in [0.1, 0.15) is 25.3 Å². The third kappa shape index (κ3) is 2.46. The average molecular weight is 233 g/mol. The summed E-state index contributed by atoms with van der Waals surface area (Å²) in [5.41, 5.74) is 7.86. The minimum absolute atomic E-state index is 0.259. The van der Waals surface area contributed by atoms with Crippen LogP contribution in [0.3, 0.4) is 0 Å². The van der Waals surface area contributed by atoms with E-state index >= 15 is 0 Å². The molecule has 17 heavy (non-hydrogen) atoms. The molecule has 90 valence electrons. The van der Waals surface area contributed by atoms with Crippen molar-refractivity contribution in [1.82, 2.24) is 9.78 Å². The molecule has 0 fully saturated rings. The van der Waals surface area contributed by atoms with Gasteiger partial charge >= 0.3 is 0 Å². The molecule has 0 radical (unpaired) electrons. The lowest BCUT2D eigenvalue weighted by molar-refractivity contribution is 0.627. The molecule has 1 aromatic heterocycles. The molecule has 0 aliphatic heterocycles. The number of nitrogens with two attached hydrogens (primary N) is 1. The maximum Gasteiger partial charge on any atom is 0.130 e. The first-order chi connectivity index (χ1) is 8.22. The number of nitrogen functional groups attached to an aromatic ring is 1. The van der Waals surface area contributed by atoms with Crippen LogP contribution in [0, 0.1) is 5.82 Å². The van der Waals surface area contributed by atoms with E-state index in [1.807, 2.05) is 0 Å². The van der Waals surface area contributed by atoms with E-state index < -0.39 is 0 Å². The van der Waals surface area contributed by atoms with E-state index in [0.717, 1.165) is 30.5 Å². The van der Waals surface area contributed by atoms with Gasteiger partial charge in [0, 0.05) is 5.56 Å². The fourth-order valence-corrected chi connectivity index (χ4v) is 1.74. The highest BCUT2D eigenvalue weighted by atomic mass is 19.1. The largest absolute Gasteiger partial charge is 0.383 e. The molecule has 1 heterocycles. The Bertz CT molecular complexity index is 488. The number of anilines is 1. The first-order valence-electron chi connectivity index (χ1n) is 5.80. The fourth-order valence-electron chi connectivity index (χ4n) is 1.74. The average Bonchev–Trinajstić information content (AvgIpc) is 2.69. The number of unbranched alkanes of at least 4 members (excludes halogenated alkanes) is 1. The summed E-state index contributed by atoms with van der Waals surface area (Å²) in [5, 5.41) is 4.24. The van der Waals surface area contributed by atoms with E-state index in [4.69, 9.17) is 5.73 Å². The molecule has 0 saturated heterocycles. The van der Waals surface area contributed by atoms with Gasteiger partial charge in [-0.25, -0.2) is 9.07 Å². The first-order valence-corrected chi connectivity index (χ1v) is 5.80. The summed E-state index contributed by atoms with van der Waals surface area (Å²) in [4.78, 5) is 0. The van der Waals surface area contributed by atoms with E-state index in [2.05, 4.69) is 12.0 Å². The Balaban J connectivity index is 2.27. The Morgan fingerprint density at radius 2 is 2.00 bits per heavy atom. The predicted molar refractivity (Wildman–Crippen MR) is 66.5 cm³/mol. The monoisotopic (exact) mass is 233 g/mol. The molecule has 0 aliphatic rings. The minimum Gasteiger partial charge on any atom is -0.383 e. The van der Waals surface area contributed by atoms with Crippen LogP contribution < -0.4 is 5.73 Å². The Labute approximate surface area is 100 Å². The first kappa shape index (κ1) is 11.6. The summed E-state index contributed by atoms with van der Waals surface area (Å²) in [5.74, 6) is 0.385. The van der Waals surface area contributed by atoms with Crippen molar-refractivity contribution in [3.63, 3.8) is 0 Å². The van der Waals surface area contributed by atoms with Gasteiger partial charge in [-0.2, -0.15) is 5.10 Å². The molecule has 2 aromatic rings. The Hall–Kier alpha value is -1.84. The van der Waals surface area contributed by atoms with Gasteiger partial charge in [0.25, 0.3) is 0 Å². The standard InChI is InChI=1S/C13H16FN3/c1-2-3-4-10-9-16-17(13(10)15)12-7-5-11(14)6-8-12/h5-9H,2-4,15H2,1H3. The Morgan fingerprint density at radius 1 is 1.29 bits per heavy atom. The van der Waals surface area contributed by atoms with Gasteiger partial charge in [-0.05, 0) is 37.1 Å². The molecular weight excluding hydrogens is 217 g/mol. The summed E-state index contributed by atoms with van der Waals surface area (Å²) in [6.07, 6.45) is 4.94. The highest BCUT2D eigenvalue weighted by Crippen LogP contribution is 2.18. The molecule has 2 N–H and O–H groups in total. The van der Waals surface area contributed by atoms with Crippen LogP contribution in [-0.4, -0.2) is 9.78 Å². The molecule has 0 saturated carbocycles. The molecule has 0 bridgehead atoms. The number of hydrogen-bond acceptors (Lipinski definition) is 2. The smallest absolute Gasteiger partial charge is 0.130 e. The maximum atomic E-state index is 12.8. The van der Waals surface area contributed by atoms with Crippen LogP contribution in [0.4, 0.5) is 10.2 Å². The zero-order valence-corrected chi connectivity index (χ0v) is 9.86. The van der Waals surface area contributed by atoms with Crippen LogP contribution in [0.15, 0.2) is 30.5 Å². The summed E-state index contributed by atoms with van der Waals surface area (Å²) >= 11 is 0. The van der Waals surface area contributed by atoms with Crippen molar-refractivity contribution in [2.24, 2.45) is 0 Å². The predicted octanol–water partition coefficient (Wildman–Crippen LogP) is 2.94. The molecule has 2 rings (SSSR count). The van der Waals surface area contributed by atoms with Gasteiger partial charge in [0.1, 0.15) is 11.6 Å². The van der Waals surface area contributed by atoms with Crippen LogP contribution in [-0.2, 0) is 6.42 Å². The van der Waals surface area contributed by atoms with Gasteiger partial charge in [0.15, 0.2) is 0 Å². The van der Waals surface area contributed by atoms with Crippen molar-refractivity contribution >= 4 is 5.82 Å². The van der Waals surface area contributed by atoms with Crippen molar-refractivity contribution in [3.8, 4) is 5.69 Å². The van der Waals surface area contributed by atoms with E-state index in [1.165, 1.54) is 12.1 Å². The van der Waals surface area contributed by atoms with Gasteiger partial charge in [0.2, 0.25) is 0 Å². The highest BCUT2D eigenvalue weighted by Gasteiger charge is 2.08. The molecule has 0 amide bonds. The molecule has 0 atom stereocenters. The van der Waals surface area contributed by atoms with Crippen LogP contribution >= 0.6 is 0 Å². The molecular formula is C13H16FN3. The van der Waals surface area contributed by atoms with Crippen molar-refractivity contribution < 1.29 is 4.39 Å². The van der Waals surface area contributed by atoms with Crippen LogP contribution in [0.5, 0.6) is 0 Å². The quantitative estimate of drug-likeness (QED) is 0.882. The number of benzene rings is 1. The summed E-state index contributed by atoms with van der Waals surface area (Å²) < 4.78 is 14.5. The minimum atomic E-state index is -0.259. The van der Waals surface area contributed by atoms with Gasteiger partial charge in [-0.3, -0.25) is 0 Å². The third-order valence-electron chi connectivity index (χ3n) is 2.76. The number of aryl methyl sites for hydroxylation is 1. The topological polar surface area (TPSA) is 43.8 Å². The van der Waals surface area contributed by atoms with E-state index in [9.17, 15) is 4.39 Å². The lowest BCUT2D eigenvalue weighted by Crippen LogP contribution is -2.03. The molecule has 3 nitrogen and oxygen atoms in total. The number of halogens is 1. The van der Waals surface area contributed by atoms with Gasteiger partial charge in [-0.15, -0.1) is 0 Å². The normalized spacial score (nSPS) is 10.7. The number of rotatable bonds is 4. The van der Waals surface area contributed by atoms with Crippen LogP contribution in [0.25, 0.3) is 5.69 Å². The Kier molecular flexibility index (Phi) is 3.42. The van der Waals surface area contributed by atoms with Crippen molar-refractivity contribution in [1.29, 1.82) is 0 Å². The second kappa shape index (κ2) is 4.99. The summed E-state index contributed by atoms with van der Waals surface area (Å²) in [7, 11) is 0. The van der Waals surface area contributed by atoms with Gasteiger partial charge in [-0.1, -0.05) is 13.3 Å². The highest BCUT2D eigenvalue weighted by molar-refractivity contribution is 5.46. The molecule has 1 aromatic carbocycles. The van der Waals surface area contributed by atoms with E-state index in [-0.39, 0.29) is 5.82 Å². The third-order valence-corrected chi connectivity index (χ3v) is 2.76. The Morgan fingerprint density at radius 3 is 2.65 bits per heavy atom. The molecule has 0 aliphatic carbocycles. The second-order valence-electron chi connectivity index (χ2n) is 4.05. The van der Waals surface area contributed by atoms with Crippen LogP contribution in [0.2, 0.25) is 0 Å². The molecule has 4 heteroatoms.